The highest BCUT2D eigenvalue weighted by Gasteiger charge is 2.34. The van der Waals surface area contributed by atoms with E-state index in [9.17, 15) is 4.79 Å². The van der Waals surface area contributed by atoms with Crippen molar-refractivity contribution in [2.75, 3.05) is 11.9 Å². The van der Waals surface area contributed by atoms with E-state index < -0.39 is 0 Å². The number of thioether (sulfide) groups is 1. The molecule has 2 aromatic carbocycles. The summed E-state index contributed by atoms with van der Waals surface area (Å²) in [6.07, 6.45) is 3.07. The van der Waals surface area contributed by atoms with Crippen LogP contribution < -0.4 is 10.2 Å². The van der Waals surface area contributed by atoms with Crippen LogP contribution in [0.25, 0.3) is 6.08 Å². The molecular weight excluding hydrogens is 378 g/mol. The summed E-state index contributed by atoms with van der Waals surface area (Å²) < 4.78 is 0. The van der Waals surface area contributed by atoms with Gasteiger partial charge in [0.05, 0.1) is 10.6 Å². The number of carbonyl (C=O) groups is 1. The summed E-state index contributed by atoms with van der Waals surface area (Å²) in [5.41, 5.74) is 5.82. The molecule has 0 aromatic heterocycles. The minimum Gasteiger partial charge on any atom is -0.369 e. The molecule has 1 amide bonds. The van der Waals surface area contributed by atoms with Gasteiger partial charge in [0, 0.05) is 18.3 Å². The zero-order valence-corrected chi connectivity index (χ0v) is 18.4. The third kappa shape index (κ3) is 3.97. The lowest BCUT2D eigenvalue weighted by molar-refractivity contribution is -0.115. The lowest BCUT2D eigenvalue weighted by Crippen LogP contribution is -2.45. The standard InChI is InChI=1S/C24H27N3OS/c1-15-7-6-8-18(11-15)25-23-26-22(28)21(29-23)13-17-9-10-20-19(12-17)16(2)14-24(3,4)27(20)5/h6-13,16H,14H2,1-5H3,(H,25,26,28)/b21-13-/t16-/m1/s1. The molecule has 1 atom stereocenters. The van der Waals surface area contributed by atoms with Gasteiger partial charge < -0.3 is 10.2 Å². The lowest BCUT2D eigenvalue weighted by atomic mass is 9.80. The van der Waals surface area contributed by atoms with Gasteiger partial charge in [-0.15, -0.1) is 0 Å². The number of benzene rings is 2. The second-order valence-corrected chi connectivity index (χ2v) is 9.65. The molecule has 4 nitrogen and oxygen atoms in total. The highest BCUT2D eigenvalue weighted by molar-refractivity contribution is 8.18. The Balaban J connectivity index is 1.60. The molecule has 2 aliphatic rings. The summed E-state index contributed by atoms with van der Waals surface area (Å²) in [5.74, 6) is 0.392. The van der Waals surface area contributed by atoms with Crippen LogP contribution in [0.15, 0.2) is 52.4 Å². The SMILES string of the molecule is Cc1cccc(N=C2NC(=O)/C(=C/c3ccc4c(c3)[C@H](C)CC(C)(C)N4C)S2)c1. The Labute approximate surface area is 177 Å². The normalized spacial score (nSPS) is 23.4. The van der Waals surface area contributed by atoms with Gasteiger partial charge in [-0.25, -0.2) is 4.99 Å². The van der Waals surface area contributed by atoms with E-state index in [-0.39, 0.29) is 11.4 Å². The molecule has 0 aliphatic carbocycles. The number of carbonyl (C=O) groups excluding carboxylic acids is 1. The van der Waals surface area contributed by atoms with Crippen molar-refractivity contribution >= 4 is 40.3 Å². The number of nitrogens with one attached hydrogen (secondary N) is 1. The maximum absolute atomic E-state index is 12.4. The van der Waals surface area contributed by atoms with Crippen molar-refractivity contribution in [3.05, 3.63) is 64.1 Å². The number of anilines is 1. The molecule has 2 heterocycles. The van der Waals surface area contributed by atoms with Gasteiger partial charge in [0.1, 0.15) is 0 Å². The number of nitrogens with zero attached hydrogens (tertiary/aromatic N) is 2. The Morgan fingerprint density at radius 1 is 1.24 bits per heavy atom. The van der Waals surface area contributed by atoms with Crippen molar-refractivity contribution in [3.63, 3.8) is 0 Å². The summed E-state index contributed by atoms with van der Waals surface area (Å²) in [4.78, 5) is 20.1. The van der Waals surface area contributed by atoms with E-state index >= 15 is 0 Å². The van der Waals surface area contributed by atoms with Crippen molar-refractivity contribution in [1.82, 2.24) is 5.32 Å². The maximum atomic E-state index is 12.4. The molecule has 1 saturated heterocycles. The Bertz CT molecular complexity index is 1040. The van der Waals surface area contributed by atoms with Gasteiger partial charge in [0.15, 0.2) is 5.17 Å². The number of aryl methyl sites for hydroxylation is 1. The highest BCUT2D eigenvalue weighted by atomic mass is 32.2. The predicted molar refractivity (Wildman–Crippen MR) is 124 cm³/mol. The van der Waals surface area contributed by atoms with Gasteiger partial charge in [0.2, 0.25) is 0 Å². The van der Waals surface area contributed by atoms with Gasteiger partial charge in [-0.05, 0) is 91.9 Å². The average Bonchev–Trinajstić information content (AvgIpc) is 2.98. The fraction of sp³-hybridized carbons (Fsp3) is 0.333. The van der Waals surface area contributed by atoms with Crippen molar-refractivity contribution in [2.24, 2.45) is 4.99 Å². The first-order chi connectivity index (χ1) is 13.7. The van der Waals surface area contributed by atoms with E-state index in [0.29, 0.717) is 16.0 Å². The van der Waals surface area contributed by atoms with Crippen molar-refractivity contribution in [2.45, 2.75) is 45.6 Å². The fourth-order valence-corrected chi connectivity index (χ4v) is 4.97. The molecule has 0 saturated carbocycles. The summed E-state index contributed by atoms with van der Waals surface area (Å²) in [6.45, 7) is 8.90. The first-order valence-electron chi connectivity index (χ1n) is 9.97. The van der Waals surface area contributed by atoms with Crippen LogP contribution in [0.2, 0.25) is 0 Å². The minimum atomic E-state index is -0.0922. The number of fused-ring (bicyclic) bond motifs is 1. The van der Waals surface area contributed by atoms with Crippen LogP contribution in [0.3, 0.4) is 0 Å². The van der Waals surface area contributed by atoms with Gasteiger partial charge in [-0.1, -0.05) is 25.1 Å². The monoisotopic (exact) mass is 405 g/mol. The Kier molecular flexibility index (Phi) is 5.03. The number of amidine groups is 1. The first kappa shape index (κ1) is 19.8. The Hall–Kier alpha value is -2.53. The molecule has 1 N–H and O–H groups in total. The van der Waals surface area contributed by atoms with Gasteiger partial charge >= 0.3 is 0 Å². The van der Waals surface area contributed by atoms with Crippen molar-refractivity contribution in [3.8, 4) is 0 Å². The first-order valence-corrected chi connectivity index (χ1v) is 10.8. The second kappa shape index (κ2) is 7.38. The van der Waals surface area contributed by atoms with Crippen LogP contribution in [-0.4, -0.2) is 23.7 Å². The van der Waals surface area contributed by atoms with Crippen LogP contribution in [0.4, 0.5) is 11.4 Å². The molecule has 29 heavy (non-hydrogen) atoms. The molecule has 0 bridgehead atoms. The third-order valence-electron chi connectivity index (χ3n) is 5.84. The van der Waals surface area contributed by atoms with E-state index in [2.05, 4.69) is 61.2 Å². The topological polar surface area (TPSA) is 44.7 Å². The minimum absolute atomic E-state index is 0.0922. The van der Waals surface area contributed by atoms with E-state index in [1.165, 1.54) is 23.0 Å². The molecule has 5 heteroatoms. The smallest absolute Gasteiger partial charge is 0.264 e. The van der Waals surface area contributed by atoms with Crippen LogP contribution >= 0.6 is 11.8 Å². The molecule has 2 aromatic rings. The fourth-order valence-electron chi connectivity index (χ4n) is 4.13. The average molecular weight is 406 g/mol. The zero-order chi connectivity index (χ0) is 20.8. The molecular formula is C24H27N3OS. The third-order valence-corrected chi connectivity index (χ3v) is 6.75. The van der Waals surface area contributed by atoms with E-state index in [1.54, 1.807) is 0 Å². The number of amides is 1. The van der Waals surface area contributed by atoms with Crippen LogP contribution in [0, 0.1) is 6.92 Å². The van der Waals surface area contributed by atoms with E-state index in [1.807, 2.05) is 37.3 Å². The molecule has 0 unspecified atom stereocenters. The summed E-state index contributed by atoms with van der Waals surface area (Å²) >= 11 is 1.39. The zero-order valence-electron chi connectivity index (χ0n) is 17.6. The van der Waals surface area contributed by atoms with Crippen molar-refractivity contribution < 1.29 is 4.79 Å². The largest absolute Gasteiger partial charge is 0.369 e. The van der Waals surface area contributed by atoms with Gasteiger partial charge in [0.25, 0.3) is 5.91 Å². The quantitative estimate of drug-likeness (QED) is 0.661. The molecule has 0 radical (unpaired) electrons. The molecule has 4 rings (SSSR count). The Morgan fingerprint density at radius 2 is 2.03 bits per heavy atom. The summed E-state index contributed by atoms with van der Waals surface area (Å²) in [7, 11) is 2.16. The number of hydrogen-bond donors (Lipinski definition) is 1. The van der Waals surface area contributed by atoms with E-state index in [0.717, 1.165) is 23.2 Å². The maximum Gasteiger partial charge on any atom is 0.264 e. The van der Waals surface area contributed by atoms with Crippen LogP contribution in [0.5, 0.6) is 0 Å². The highest BCUT2D eigenvalue weighted by Crippen LogP contribution is 2.43. The second-order valence-electron chi connectivity index (χ2n) is 8.62. The van der Waals surface area contributed by atoms with E-state index in [4.69, 9.17) is 0 Å². The Morgan fingerprint density at radius 3 is 2.79 bits per heavy atom. The predicted octanol–water partition coefficient (Wildman–Crippen LogP) is 5.61. The van der Waals surface area contributed by atoms with Crippen LogP contribution in [0.1, 0.15) is 49.8 Å². The molecule has 0 spiro atoms. The van der Waals surface area contributed by atoms with Crippen molar-refractivity contribution in [1.29, 1.82) is 0 Å². The van der Waals surface area contributed by atoms with Gasteiger partial charge in [-0.3, -0.25) is 4.79 Å². The number of aliphatic imine (C=N–C) groups is 1. The summed E-state index contributed by atoms with van der Waals surface area (Å²) in [6, 6.07) is 14.5. The van der Waals surface area contributed by atoms with Gasteiger partial charge in [-0.2, -0.15) is 0 Å². The lowest BCUT2D eigenvalue weighted by Gasteiger charge is -2.45. The van der Waals surface area contributed by atoms with Crippen LogP contribution in [-0.2, 0) is 4.79 Å². The molecule has 2 aliphatic heterocycles. The summed E-state index contributed by atoms with van der Waals surface area (Å²) in [5, 5.41) is 3.50. The molecule has 150 valence electrons. The number of rotatable bonds is 2. The molecule has 1 fully saturated rings. The number of hydrogen-bond acceptors (Lipinski definition) is 4.